The van der Waals surface area contributed by atoms with E-state index >= 15 is 0 Å². The van der Waals surface area contributed by atoms with Gasteiger partial charge in [0.05, 0.1) is 6.26 Å². The lowest BCUT2D eigenvalue weighted by molar-refractivity contribution is -0.101. The smallest absolute Gasteiger partial charge is 0.281 e. The summed E-state index contributed by atoms with van der Waals surface area (Å²) in [5.41, 5.74) is 0. The van der Waals surface area contributed by atoms with Crippen molar-refractivity contribution < 1.29 is 47.4 Å². The molecular weight excluding hydrogens is 334 g/mol. The Balaban J connectivity index is 5.98. The highest BCUT2D eigenvalue weighted by molar-refractivity contribution is 8.05. The SMILES string of the molecule is CS(=O)(=O)NS(=O)(=O)C(F)(F)C(F)(F)S(=O)(=O)O. The fraction of sp³-hybridized carbons (Fsp3) is 1.00. The molecule has 110 valence electrons. The molecule has 0 bridgehead atoms. The lowest BCUT2D eigenvalue weighted by Crippen LogP contribution is -2.56. The summed E-state index contributed by atoms with van der Waals surface area (Å²) in [6, 6.07) is 0. The largest absolute Gasteiger partial charge is 0.448 e. The quantitative estimate of drug-likeness (QED) is 0.481. The lowest BCUT2D eigenvalue weighted by Gasteiger charge is -2.23. The normalized spacial score (nSPS) is 15.7. The van der Waals surface area contributed by atoms with Gasteiger partial charge in [0.25, 0.3) is 10.0 Å². The molecule has 2 N–H and O–H groups in total. The van der Waals surface area contributed by atoms with Gasteiger partial charge in [0.1, 0.15) is 0 Å². The van der Waals surface area contributed by atoms with Gasteiger partial charge in [0, 0.05) is 0 Å². The molecular formula is C3H5F4NO7S3. The Morgan fingerprint density at radius 1 is 0.889 bits per heavy atom. The number of hydrogen-bond donors (Lipinski definition) is 2. The summed E-state index contributed by atoms with van der Waals surface area (Å²) >= 11 is 0. The first-order chi connectivity index (χ1) is 7.46. The molecule has 0 saturated heterocycles. The predicted octanol–water partition coefficient (Wildman–Crippen LogP) is -1.06. The van der Waals surface area contributed by atoms with Gasteiger partial charge in [-0.2, -0.15) is 26.0 Å². The molecule has 8 nitrogen and oxygen atoms in total. The number of rotatable bonds is 5. The van der Waals surface area contributed by atoms with Gasteiger partial charge in [-0.3, -0.25) is 4.55 Å². The highest BCUT2D eigenvalue weighted by Gasteiger charge is 2.73. The highest BCUT2D eigenvalue weighted by Crippen LogP contribution is 2.41. The van der Waals surface area contributed by atoms with E-state index in [1.54, 1.807) is 0 Å². The average Bonchev–Trinajstić information content (AvgIpc) is 1.95. The van der Waals surface area contributed by atoms with E-state index in [2.05, 4.69) is 0 Å². The van der Waals surface area contributed by atoms with Crippen LogP contribution in [0.3, 0.4) is 0 Å². The summed E-state index contributed by atoms with van der Waals surface area (Å²) in [6.07, 6.45) is 0.0478. The molecule has 0 fully saturated rings. The second-order valence-corrected chi connectivity index (χ2v) is 8.06. The van der Waals surface area contributed by atoms with Gasteiger partial charge in [-0.1, -0.05) is 0 Å². The summed E-state index contributed by atoms with van der Waals surface area (Å²) < 4.78 is 121. The van der Waals surface area contributed by atoms with E-state index in [4.69, 9.17) is 4.55 Å². The fourth-order valence-electron chi connectivity index (χ4n) is 0.558. The van der Waals surface area contributed by atoms with Crippen molar-refractivity contribution in [2.24, 2.45) is 0 Å². The molecule has 0 aromatic heterocycles. The van der Waals surface area contributed by atoms with Crippen molar-refractivity contribution in [2.45, 2.75) is 10.5 Å². The van der Waals surface area contributed by atoms with Gasteiger partial charge in [0.2, 0.25) is 10.0 Å². The molecule has 18 heavy (non-hydrogen) atoms. The summed E-state index contributed by atoms with van der Waals surface area (Å²) in [5, 5.41) is -12.8. The fourth-order valence-corrected chi connectivity index (χ4v) is 3.83. The van der Waals surface area contributed by atoms with E-state index in [-0.39, 0.29) is 10.4 Å². The average molecular weight is 339 g/mol. The van der Waals surface area contributed by atoms with Crippen molar-refractivity contribution in [2.75, 3.05) is 6.26 Å². The minimum atomic E-state index is -6.80. The molecule has 0 radical (unpaired) electrons. The molecule has 0 aliphatic rings. The number of alkyl halides is 4. The van der Waals surface area contributed by atoms with Gasteiger partial charge in [0.15, 0.2) is 0 Å². The molecule has 0 spiro atoms. The van der Waals surface area contributed by atoms with Crippen LogP contribution in [-0.2, 0) is 30.2 Å². The molecule has 0 atom stereocenters. The Kier molecular flexibility index (Phi) is 4.14. The maximum Gasteiger partial charge on any atom is 0.448 e. The standard InChI is InChI=1S/C3H5F4NO7S3/c1-16(9,10)8-17(11,12)2(4,5)3(6,7)18(13,14)15/h8H,1H3,(H,13,14,15). The van der Waals surface area contributed by atoms with Crippen molar-refractivity contribution in [3.63, 3.8) is 0 Å². The summed E-state index contributed by atoms with van der Waals surface area (Å²) in [5.74, 6) is 0. The van der Waals surface area contributed by atoms with Crippen LogP contribution in [0.1, 0.15) is 0 Å². The zero-order chi connectivity index (χ0) is 15.2. The zero-order valence-corrected chi connectivity index (χ0v) is 10.6. The molecule has 0 rings (SSSR count). The Morgan fingerprint density at radius 2 is 1.22 bits per heavy atom. The van der Waals surface area contributed by atoms with E-state index in [1.807, 2.05) is 0 Å². The van der Waals surface area contributed by atoms with E-state index in [9.17, 15) is 42.8 Å². The molecule has 0 amide bonds. The van der Waals surface area contributed by atoms with E-state index in [1.165, 1.54) is 0 Å². The molecule has 0 aromatic rings. The molecule has 0 aliphatic heterocycles. The zero-order valence-electron chi connectivity index (χ0n) is 8.13. The molecule has 0 saturated carbocycles. The number of sulfonamides is 2. The van der Waals surface area contributed by atoms with E-state index < -0.39 is 40.7 Å². The van der Waals surface area contributed by atoms with Crippen molar-refractivity contribution in [3.8, 4) is 0 Å². The van der Waals surface area contributed by atoms with Crippen LogP contribution in [0.5, 0.6) is 0 Å². The van der Waals surface area contributed by atoms with Gasteiger partial charge in [-0.05, 0) is 0 Å². The Morgan fingerprint density at radius 3 is 1.44 bits per heavy atom. The maximum absolute atomic E-state index is 12.8. The first-order valence-electron chi connectivity index (χ1n) is 3.41. The van der Waals surface area contributed by atoms with Crippen molar-refractivity contribution in [3.05, 3.63) is 0 Å². The first-order valence-corrected chi connectivity index (χ1v) is 8.23. The van der Waals surface area contributed by atoms with Crippen molar-refractivity contribution >= 4 is 30.2 Å². The minimum Gasteiger partial charge on any atom is -0.281 e. The van der Waals surface area contributed by atoms with Crippen LogP contribution in [0.25, 0.3) is 0 Å². The van der Waals surface area contributed by atoms with Crippen LogP contribution in [-0.4, -0.2) is 46.6 Å². The highest BCUT2D eigenvalue weighted by atomic mass is 32.3. The van der Waals surface area contributed by atoms with Crippen LogP contribution < -0.4 is 4.13 Å². The number of nitrogens with one attached hydrogen (secondary N) is 1. The third-order valence-corrected chi connectivity index (χ3v) is 5.31. The van der Waals surface area contributed by atoms with Crippen LogP contribution in [0, 0.1) is 0 Å². The second-order valence-electron chi connectivity index (χ2n) is 2.87. The minimum absolute atomic E-state index is 0.0478. The number of hydrogen-bond acceptors (Lipinski definition) is 6. The van der Waals surface area contributed by atoms with Crippen molar-refractivity contribution in [1.29, 1.82) is 0 Å². The van der Waals surface area contributed by atoms with Gasteiger partial charge < -0.3 is 0 Å². The molecule has 0 unspecified atom stereocenters. The molecule has 0 heterocycles. The topological polar surface area (TPSA) is 135 Å². The van der Waals surface area contributed by atoms with E-state index in [0.29, 0.717) is 0 Å². The van der Waals surface area contributed by atoms with Gasteiger partial charge in [-0.15, -0.1) is 4.13 Å². The first kappa shape index (κ1) is 17.5. The maximum atomic E-state index is 12.8. The Labute approximate surface area is 98.8 Å². The van der Waals surface area contributed by atoms with Crippen LogP contribution in [0.4, 0.5) is 17.6 Å². The molecule has 0 aromatic carbocycles. The second kappa shape index (κ2) is 4.26. The van der Waals surface area contributed by atoms with Crippen LogP contribution in [0.2, 0.25) is 0 Å². The summed E-state index contributed by atoms with van der Waals surface area (Å²) in [6.45, 7) is 0. The third kappa shape index (κ3) is 3.08. The van der Waals surface area contributed by atoms with Gasteiger partial charge >= 0.3 is 20.6 Å². The van der Waals surface area contributed by atoms with Crippen molar-refractivity contribution in [1.82, 2.24) is 4.13 Å². The monoisotopic (exact) mass is 339 g/mol. The van der Waals surface area contributed by atoms with Crippen LogP contribution >= 0.6 is 0 Å². The Bertz CT molecular complexity index is 631. The molecule has 15 heteroatoms. The Hall–Kier alpha value is -0.510. The van der Waals surface area contributed by atoms with E-state index in [0.717, 1.165) is 0 Å². The van der Waals surface area contributed by atoms with Crippen LogP contribution in [0.15, 0.2) is 0 Å². The third-order valence-electron chi connectivity index (χ3n) is 1.26. The summed E-state index contributed by atoms with van der Waals surface area (Å²) in [4.78, 5) is 0. The predicted molar refractivity (Wildman–Crippen MR) is 48.3 cm³/mol. The number of halogens is 4. The lowest BCUT2D eigenvalue weighted by atomic mass is 10.7. The molecule has 0 aliphatic carbocycles. The van der Waals surface area contributed by atoms with Gasteiger partial charge in [-0.25, -0.2) is 16.8 Å². The summed E-state index contributed by atoms with van der Waals surface area (Å²) in [7, 11) is -18.3.